The van der Waals surface area contributed by atoms with Crippen LogP contribution in [0.1, 0.15) is 36.1 Å². The zero-order chi connectivity index (χ0) is 12.1. The second kappa shape index (κ2) is 6.15. The van der Waals surface area contributed by atoms with Crippen molar-refractivity contribution < 1.29 is 5.11 Å². The lowest BCUT2D eigenvalue weighted by molar-refractivity contribution is 0.101. The maximum Gasteiger partial charge on any atom is 0.100 e. The molecule has 0 amide bonds. The third-order valence-electron chi connectivity index (χ3n) is 3.27. The first-order valence-corrected chi connectivity index (χ1v) is 7.02. The van der Waals surface area contributed by atoms with E-state index in [-0.39, 0.29) is 6.10 Å². The lowest BCUT2D eigenvalue weighted by Gasteiger charge is -2.25. The van der Waals surface area contributed by atoms with Gasteiger partial charge in [-0.05, 0) is 37.8 Å². The van der Waals surface area contributed by atoms with Gasteiger partial charge in [-0.3, -0.25) is 0 Å². The van der Waals surface area contributed by atoms with Crippen molar-refractivity contribution in [1.82, 2.24) is 5.32 Å². The molecule has 0 spiro atoms. The molecule has 1 aliphatic carbocycles. The smallest absolute Gasteiger partial charge is 0.100 e. The molecule has 2 N–H and O–H groups in total. The topological polar surface area (TPSA) is 56.0 Å². The van der Waals surface area contributed by atoms with Gasteiger partial charge in [-0.15, -0.1) is 11.3 Å². The van der Waals surface area contributed by atoms with Crippen molar-refractivity contribution in [3.63, 3.8) is 0 Å². The monoisotopic (exact) mass is 250 g/mol. The SMILES string of the molecule is N#Cc1csc(CNCC2CCCC(O)C2)c1. The predicted octanol–water partition coefficient (Wildman–Crippen LogP) is 2.26. The first-order chi connectivity index (χ1) is 8.28. The van der Waals surface area contributed by atoms with Gasteiger partial charge in [0.05, 0.1) is 11.7 Å². The van der Waals surface area contributed by atoms with Crippen LogP contribution in [-0.4, -0.2) is 17.8 Å². The van der Waals surface area contributed by atoms with E-state index in [4.69, 9.17) is 5.26 Å². The molecule has 1 heterocycles. The molecule has 17 heavy (non-hydrogen) atoms. The maximum atomic E-state index is 9.57. The molecule has 0 bridgehead atoms. The van der Waals surface area contributed by atoms with Crippen molar-refractivity contribution in [3.8, 4) is 6.07 Å². The summed E-state index contributed by atoms with van der Waals surface area (Å²) in [6.45, 7) is 1.80. The summed E-state index contributed by atoms with van der Waals surface area (Å²) in [5.41, 5.74) is 0.750. The van der Waals surface area contributed by atoms with Crippen LogP contribution in [0.2, 0.25) is 0 Å². The molecule has 2 atom stereocenters. The minimum absolute atomic E-state index is 0.0949. The molecule has 1 aliphatic rings. The van der Waals surface area contributed by atoms with Gasteiger partial charge in [-0.25, -0.2) is 0 Å². The highest BCUT2D eigenvalue weighted by atomic mass is 32.1. The van der Waals surface area contributed by atoms with E-state index in [0.717, 1.165) is 37.9 Å². The van der Waals surface area contributed by atoms with Crippen LogP contribution < -0.4 is 5.32 Å². The second-order valence-electron chi connectivity index (χ2n) is 4.73. The zero-order valence-electron chi connectivity index (χ0n) is 9.85. The third-order valence-corrected chi connectivity index (χ3v) is 4.21. The van der Waals surface area contributed by atoms with Crippen molar-refractivity contribution in [3.05, 3.63) is 21.9 Å². The molecule has 92 valence electrons. The number of thiophene rings is 1. The zero-order valence-corrected chi connectivity index (χ0v) is 10.7. The highest BCUT2D eigenvalue weighted by Crippen LogP contribution is 2.23. The number of hydrogen-bond donors (Lipinski definition) is 2. The Morgan fingerprint density at radius 2 is 2.41 bits per heavy atom. The normalized spacial score (nSPS) is 24.5. The van der Waals surface area contributed by atoms with Gasteiger partial charge in [0, 0.05) is 16.8 Å². The number of nitriles is 1. The Bertz CT molecular complexity index is 396. The van der Waals surface area contributed by atoms with E-state index >= 15 is 0 Å². The molecule has 4 heteroatoms. The van der Waals surface area contributed by atoms with Gasteiger partial charge in [0.1, 0.15) is 6.07 Å². The number of aliphatic hydroxyl groups excluding tert-OH is 1. The summed E-state index contributed by atoms with van der Waals surface area (Å²) in [5.74, 6) is 0.606. The molecule has 3 nitrogen and oxygen atoms in total. The number of nitrogens with one attached hydrogen (secondary N) is 1. The maximum absolute atomic E-state index is 9.57. The first kappa shape index (κ1) is 12.6. The second-order valence-corrected chi connectivity index (χ2v) is 5.73. The van der Waals surface area contributed by atoms with Crippen LogP contribution in [0.4, 0.5) is 0 Å². The molecule has 0 aliphatic heterocycles. The first-order valence-electron chi connectivity index (χ1n) is 6.14. The fourth-order valence-electron chi connectivity index (χ4n) is 2.38. The van der Waals surface area contributed by atoms with Gasteiger partial charge < -0.3 is 10.4 Å². The summed E-state index contributed by atoms with van der Waals surface area (Å²) < 4.78 is 0. The van der Waals surface area contributed by atoms with Crippen LogP contribution in [0, 0.1) is 17.2 Å². The number of aliphatic hydroxyl groups is 1. The highest BCUT2D eigenvalue weighted by Gasteiger charge is 2.19. The van der Waals surface area contributed by atoms with Crippen LogP contribution in [-0.2, 0) is 6.54 Å². The Kier molecular flexibility index (Phi) is 4.55. The standard InChI is InChI=1S/C13H18N2OS/c14-6-11-5-13(17-9-11)8-15-7-10-2-1-3-12(16)4-10/h5,9-10,12,15-16H,1-4,7-8H2. The van der Waals surface area contributed by atoms with Gasteiger partial charge >= 0.3 is 0 Å². The average molecular weight is 250 g/mol. The predicted molar refractivity (Wildman–Crippen MR) is 68.7 cm³/mol. The molecule has 2 unspecified atom stereocenters. The van der Waals surface area contributed by atoms with Gasteiger partial charge in [-0.1, -0.05) is 6.42 Å². The highest BCUT2D eigenvalue weighted by molar-refractivity contribution is 7.10. The summed E-state index contributed by atoms with van der Waals surface area (Å²) in [5, 5.41) is 23.6. The molecule has 1 aromatic heterocycles. The van der Waals surface area contributed by atoms with Crippen LogP contribution in [0.3, 0.4) is 0 Å². The van der Waals surface area contributed by atoms with Crippen molar-refractivity contribution in [1.29, 1.82) is 5.26 Å². The Morgan fingerprint density at radius 1 is 1.53 bits per heavy atom. The van der Waals surface area contributed by atoms with E-state index in [9.17, 15) is 5.11 Å². The summed E-state index contributed by atoms with van der Waals surface area (Å²) in [6, 6.07) is 4.08. The molecule has 1 saturated carbocycles. The quantitative estimate of drug-likeness (QED) is 0.862. The number of rotatable bonds is 4. The average Bonchev–Trinajstić information content (AvgIpc) is 2.77. The summed E-state index contributed by atoms with van der Waals surface area (Å²) in [7, 11) is 0. The molecule has 0 aromatic carbocycles. The van der Waals surface area contributed by atoms with Crippen LogP contribution in [0.15, 0.2) is 11.4 Å². The summed E-state index contributed by atoms with van der Waals surface area (Å²) in [4.78, 5) is 1.21. The molecular formula is C13H18N2OS. The fraction of sp³-hybridized carbons (Fsp3) is 0.615. The Hall–Kier alpha value is -0.890. The Morgan fingerprint density at radius 3 is 3.12 bits per heavy atom. The molecular weight excluding hydrogens is 232 g/mol. The Balaban J connectivity index is 1.70. The van der Waals surface area contributed by atoms with Gasteiger partial charge in [-0.2, -0.15) is 5.26 Å². The molecule has 1 fully saturated rings. The molecule has 0 radical (unpaired) electrons. The largest absolute Gasteiger partial charge is 0.393 e. The summed E-state index contributed by atoms with van der Waals surface area (Å²) >= 11 is 1.63. The van der Waals surface area contributed by atoms with Crippen molar-refractivity contribution in [2.45, 2.75) is 38.3 Å². The summed E-state index contributed by atoms with van der Waals surface area (Å²) in [6.07, 6.45) is 4.17. The number of nitrogens with zero attached hydrogens (tertiary/aromatic N) is 1. The van der Waals surface area contributed by atoms with Gasteiger partial charge in [0.2, 0.25) is 0 Å². The lowest BCUT2D eigenvalue weighted by atomic mass is 9.87. The third kappa shape index (κ3) is 3.81. The van der Waals surface area contributed by atoms with E-state index in [2.05, 4.69) is 11.4 Å². The van der Waals surface area contributed by atoms with E-state index in [1.54, 1.807) is 11.3 Å². The van der Waals surface area contributed by atoms with Crippen molar-refractivity contribution in [2.75, 3.05) is 6.54 Å². The number of hydrogen-bond acceptors (Lipinski definition) is 4. The van der Waals surface area contributed by atoms with Crippen LogP contribution in [0.25, 0.3) is 0 Å². The van der Waals surface area contributed by atoms with E-state index in [1.807, 2.05) is 11.4 Å². The molecule has 0 saturated heterocycles. The van der Waals surface area contributed by atoms with E-state index in [0.29, 0.717) is 5.92 Å². The lowest BCUT2D eigenvalue weighted by Crippen LogP contribution is -2.28. The van der Waals surface area contributed by atoms with Gasteiger partial charge in [0.25, 0.3) is 0 Å². The minimum Gasteiger partial charge on any atom is -0.393 e. The molecule has 1 aromatic rings. The Labute approximate surface area is 106 Å². The van der Waals surface area contributed by atoms with Crippen LogP contribution in [0.5, 0.6) is 0 Å². The van der Waals surface area contributed by atoms with Crippen molar-refractivity contribution in [2.24, 2.45) is 5.92 Å². The van der Waals surface area contributed by atoms with E-state index in [1.165, 1.54) is 11.3 Å². The van der Waals surface area contributed by atoms with Crippen LogP contribution >= 0.6 is 11.3 Å². The van der Waals surface area contributed by atoms with E-state index < -0.39 is 0 Å². The van der Waals surface area contributed by atoms with Crippen molar-refractivity contribution >= 4 is 11.3 Å². The van der Waals surface area contributed by atoms with Gasteiger partial charge in [0.15, 0.2) is 0 Å². The molecule has 2 rings (SSSR count). The fourth-order valence-corrected chi connectivity index (χ4v) is 3.16. The minimum atomic E-state index is -0.0949.